The largest absolute Gasteiger partial charge is 0.0843 e. The van der Waals surface area contributed by atoms with E-state index >= 15 is 0 Å². The highest BCUT2D eigenvalue weighted by atomic mass is 35.5. The van der Waals surface area contributed by atoms with E-state index in [1.54, 1.807) is 0 Å². The van der Waals surface area contributed by atoms with Crippen LogP contribution in [0.25, 0.3) is 0 Å². The molecule has 0 aromatic heterocycles. The van der Waals surface area contributed by atoms with Crippen LogP contribution in [0.2, 0.25) is 5.02 Å². The lowest BCUT2D eigenvalue weighted by Gasteiger charge is -1.93. The topological polar surface area (TPSA) is 0 Å². The minimum atomic E-state index is 0.718. The molecule has 0 N–H and O–H groups in total. The lowest BCUT2D eigenvalue weighted by Crippen LogP contribution is -1.77. The number of halogens is 1. The van der Waals surface area contributed by atoms with E-state index < -0.39 is 0 Å². The van der Waals surface area contributed by atoms with Crippen molar-refractivity contribution in [1.29, 1.82) is 0 Å². The maximum absolute atomic E-state index is 5.88. The van der Waals surface area contributed by atoms with Crippen molar-refractivity contribution in [2.45, 2.75) is 6.92 Å². The summed E-state index contributed by atoms with van der Waals surface area (Å²) in [5.41, 5.74) is 3.20. The van der Waals surface area contributed by atoms with E-state index in [0.717, 1.165) is 16.1 Å². The third-order valence-electron chi connectivity index (χ3n) is 2.23. The average molecular weight is 227 g/mol. The first-order chi connectivity index (χ1) is 7.74. The highest BCUT2D eigenvalue weighted by Gasteiger charge is 1.89. The van der Waals surface area contributed by atoms with Gasteiger partial charge in [-0.3, -0.25) is 0 Å². The Morgan fingerprint density at radius 1 is 0.875 bits per heavy atom. The van der Waals surface area contributed by atoms with E-state index in [1.165, 1.54) is 5.56 Å². The lowest BCUT2D eigenvalue weighted by molar-refractivity contribution is 1.46. The van der Waals surface area contributed by atoms with Crippen LogP contribution in [0.5, 0.6) is 0 Å². The van der Waals surface area contributed by atoms with Crippen molar-refractivity contribution < 1.29 is 0 Å². The Balaban J connectivity index is 2.25. The van der Waals surface area contributed by atoms with Crippen molar-refractivity contribution >= 4 is 11.6 Å². The van der Waals surface area contributed by atoms with E-state index in [0.29, 0.717) is 0 Å². The zero-order valence-corrected chi connectivity index (χ0v) is 9.75. The zero-order chi connectivity index (χ0) is 11.4. The van der Waals surface area contributed by atoms with Crippen LogP contribution in [0.1, 0.15) is 16.7 Å². The predicted molar refractivity (Wildman–Crippen MR) is 68.6 cm³/mol. The zero-order valence-electron chi connectivity index (χ0n) is 9.00. The molecule has 0 aliphatic rings. The Hall–Kier alpha value is -1.71. The van der Waals surface area contributed by atoms with Crippen LogP contribution in [0.15, 0.2) is 48.5 Å². The summed E-state index contributed by atoms with van der Waals surface area (Å²) in [6.45, 7) is 2.06. The van der Waals surface area contributed by atoms with Crippen LogP contribution >= 0.6 is 11.6 Å². The van der Waals surface area contributed by atoms with Gasteiger partial charge in [0.2, 0.25) is 0 Å². The van der Waals surface area contributed by atoms with Crippen LogP contribution in [-0.2, 0) is 0 Å². The average Bonchev–Trinajstić information content (AvgIpc) is 2.28. The summed E-state index contributed by atoms with van der Waals surface area (Å²) in [5.74, 6) is 6.19. The van der Waals surface area contributed by atoms with Crippen LogP contribution < -0.4 is 0 Å². The summed E-state index contributed by atoms with van der Waals surface area (Å²) in [6.07, 6.45) is 0. The Morgan fingerprint density at radius 3 is 2.25 bits per heavy atom. The van der Waals surface area contributed by atoms with Gasteiger partial charge in [-0.05, 0) is 37.3 Å². The lowest BCUT2D eigenvalue weighted by atomic mass is 10.1. The second-order valence-electron chi connectivity index (χ2n) is 3.63. The molecule has 2 aromatic rings. The molecule has 0 spiro atoms. The summed E-state index contributed by atoms with van der Waals surface area (Å²) < 4.78 is 0. The summed E-state index contributed by atoms with van der Waals surface area (Å²) in [6, 6.07) is 15.7. The van der Waals surface area contributed by atoms with Crippen LogP contribution in [0.4, 0.5) is 0 Å². The molecule has 0 saturated heterocycles. The molecule has 0 aliphatic heterocycles. The minimum absolute atomic E-state index is 0.718. The first-order valence-electron chi connectivity index (χ1n) is 5.08. The first kappa shape index (κ1) is 10.8. The molecule has 0 bridgehead atoms. The standard InChI is InChI=1S/C15H11Cl/c1-12-5-7-13(8-6-12)9-10-14-3-2-4-15(16)11-14/h2-8,11H,1H3. The molecule has 0 amide bonds. The molecular weight excluding hydrogens is 216 g/mol. The summed E-state index contributed by atoms with van der Waals surface area (Å²) >= 11 is 5.88. The number of hydrogen-bond acceptors (Lipinski definition) is 0. The summed E-state index contributed by atoms with van der Waals surface area (Å²) in [5, 5.41) is 0.718. The highest BCUT2D eigenvalue weighted by Crippen LogP contribution is 2.09. The fourth-order valence-corrected chi connectivity index (χ4v) is 1.54. The van der Waals surface area contributed by atoms with Gasteiger partial charge in [0.15, 0.2) is 0 Å². The number of aryl methyl sites for hydroxylation is 1. The van der Waals surface area contributed by atoms with Crippen LogP contribution in [-0.4, -0.2) is 0 Å². The van der Waals surface area contributed by atoms with Gasteiger partial charge >= 0.3 is 0 Å². The summed E-state index contributed by atoms with van der Waals surface area (Å²) in [4.78, 5) is 0. The van der Waals surface area contributed by atoms with Gasteiger partial charge in [0.1, 0.15) is 0 Å². The van der Waals surface area contributed by atoms with Crippen LogP contribution in [0.3, 0.4) is 0 Å². The smallest absolute Gasteiger partial charge is 0.0418 e. The molecular formula is C15H11Cl. The Kier molecular flexibility index (Phi) is 3.29. The van der Waals surface area contributed by atoms with Crippen LogP contribution in [0, 0.1) is 18.8 Å². The summed E-state index contributed by atoms with van der Waals surface area (Å²) in [7, 11) is 0. The van der Waals surface area contributed by atoms with Crippen molar-refractivity contribution in [3.05, 3.63) is 70.2 Å². The molecule has 16 heavy (non-hydrogen) atoms. The SMILES string of the molecule is Cc1ccc(C#Cc2cccc(Cl)c2)cc1. The fourth-order valence-electron chi connectivity index (χ4n) is 1.35. The number of hydrogen-bond donors (Lipinski definition) is 0. The molecule has 0 nitrogen and oxygen atoms in total. The van der Waals surface area contributed by atoms with E-state index in [9.17, 15) is 0 Å². The molecule has 2 rings (SSSR count). The van der Waals surface area contributed by atoms with E-state index in [4.69, 9.17) is 11.6 Å². The maximum Gasteiger partial charge on any atom is 0.0418 e. The normalized spacial score (nSPS) is 9.38. The molecule has 0 radical (unpaired) electrons. The van der Waals surface area contributed by atoms with E-state index in [1.807, 2.05) is 36.4 Å². The molecule has 0 aliphatic carbocycles. The van der Waals surface area contributed by atoms with Crippen molar-refractivity contribution in [3.8, 4) is 11.8 Å². The van der Waals surface area contributed by atoms with Gasteiger partial charge < -0.3 is 0 Å². The van der Waals surface area contributed by atoms with Crippen molar-refractivity contribution in [2.24, 2.45) is 0 Å². The predicted octanol–water partition coefficient (Wildman–Crippen LogP) is 4.05. The number of benzene rings is 2. The van der Waals surface area contributed by atoms with Gasteiger partial charge in [-0.25, -0.2) is 0 Å². The van der Waals surface area contributed by atoms with Crippen molar-refractivity contribution in [3.63, 3.8) is 0 Å². The second kappa shape index (κ2) is 4.88. The van der Waals surface area contributed by atoms with Crippen molar-refractivity contribution in [2.75, 3.05) is 0 Å². The third kappa shape index (κ3) is 2.89. The Labute approximate surface area is 101 Å². The van der Waals surface area contributed by atoms with Gasteiger partial charge in [0.05, 0.1) is 0 Å². The number of rotatable bonds is 0. The highest BCUT2D eigenvalue weighted by molar-refractivity contribution is 6.30. The van der Waals surface area contributed by atoms with Gasteiger partial charge in [0.25, 0.3) is 0 Å². The van der Waals surface area contributed by atoms with Gasteiger partial charge in [-0.2, -0.15) is 0 Å². The fraction of sp³-hybridized carbons (Fsp3) is 0.0667. The van der Waals surface area contributed by atoms with Gasteiger partial charge in [-0.15, -0.1) is 0 Å². The van der Waals surface area contributed by atoms with E-state index in [-0.39, 0.29) is 0 Å². The first-order valence-corrected chi connectivity index (χ1v) is 5.46. The molecule has 0 unspecified atom stereocenters. The van der Waals surface area contributed by atoms with E-state index in [2.05, 4.69) is 30.9 Å². The van der Waals surface area contributed by atoms with Gasteiger partial charge in [-0.1, -0.05) is 47.2 Å². The van der Waals surface area contributed by atoms with Gasteiger partial charge in [0, 0.05) is 16.1 Å². The second-order valence-corrected chi connectivity index (χ2v) is 4.06. The molecule has 2 aromatic carbocycles. The minimum Gasteiger partial charge on any atom is -0.0843 e. The quantitative estimate of drug-likeness (QED) is 0.595. The maximum atomic E-state index is 5.88. The molecule has 0 heterocycles. The molecule has 78 valence electrons. The molecule has 0 fully saturated rings. The molecule has 0 saturated carbocycles. The Morgan fingerprint density at radius 2 is 1.56 bits per heavy atom. The monoisotopic (exact) mass is 226 g/mol. The molecule has 0 atom stereocenters. The third-order valence-corrected chi connectivity index (χ3v) is 2.46. The Bertz CT molecular complexity index is 542. The molecule has 1 heteroatoms. The van der Waals surface area contributed by atoms with Crippen molar-refractivity contribution in [1.82, 2.24) is 0 Å².